The van der Waals surface area contributed by atoms with Crippen LogP contribution in [0.4, 0.5) is 11.4 Å². The second kappa shape index (κ2) is 9.23. The van der Waals surface area contributed by atoms with Gasteiger partial charge in [0.2, 0.25) is 4.99 Å². The third kappa shape index (κ3) is 4.18. The number of ketones is 1. The SMILES string of the molecule is CC(=O)C1=NN(c2ccc(Cl)cc2Cl)[C@@]2(C=CC(c3ccc(Br)cc3)=NN2c2ccccc2)S1. The molecule has 3 aromatic carbocycles. The van der Waals surface area contributed by atoms with Gasteiger partial charge in [0.25, 0.3) is 0 Å². The first-order valence-corrected chi connectivity index (χ1v) is 12.7. The van der Waals surface area contributed by atoms with E-state index in [0.29, 0.717) is 20.8 Å². The van der Waals surface area contributed by atoms with Crippen LogP contribution in [0.5, 0.6) is 0 Å². The minimum absolute atomic E-state index is 0.138. The lowest BCUT2D eigenvalue weighted by Gasteiger charge is -2.43. The molecule has 0 saturated heterocycles. The normalized spacial score (nSPS) is 19.4. The molecule has 9 heteroatoms. The number of rotatable bonds is 4. The zero-order valence-corrected chi connectivity index (χ0v) is 21.7. The number of hydrogen-bond donors (Lipinski definition) is 0. The van der Waals surface area contributed by atoms with E-state index in [1.54, 1.807) is 23.2 Å². The Hall–Kier alpha value is -2.58. The summed E-state index contributed by atoms with van der Waals surface area (Å²) < 4.78 is 0.988. The number of anilines is 2. The average molecular weight is 572 g/mol. The molecule has 0 saturated carbocycles. The van der Waals surface area contributed by atoms with Crippen LogP contribution >= 0.6 is 50.9 Å². The summed E-state index contributed by atoms with van der Waals surface area (Å²) in [6.07, 6.45) is 3.95. The summed E-state index contributed by atoms with van der Waals surface area (Å²) in [6.45, 7) is 1.50. The maximum atomic E-state index is 12.4. The second-order valence-electron chi connectivity index (χ2n) is 7.60. The van der Waals surface area contributed by atoms with E-state index in [1.165, 1.54) is 18.7 Å². The quantitative estimate of drug-likeness (QED) is 0.328. The smallest absolute Gasteiger partial charge is 0.227 e. The van der Waals surface area contributed by atoms with Gasteiger partial charge in [-0.3, -0.25) is 4.79 Å². The van der Waals surface area contributed by atoms with Crippen LogP contribution in [0, 0.1) is 0 Å². The van der Waals surface area contributed by atoms with Gasteiger partial charge in [-0.2, -0.15) is 10.2 Å². The molecule has 2 aliphatic heterocycles. The van der Waals surface area contributed by atoms with E-state index in [2.05, 4.69) is 21.0 Å². The van der Waals surface area contributed by atoms with Crippen molar-refractivity contribution >= 4 is 78.8 Å². The molecule has 2 heterocycles. The number of para-hydroxylation sites is 1. The molecule has 0 N–H and O–H groups in total. The lowest BCUT2D eigenvalue weighted by atomic mass is 10.1. The molecule has 0 amide bonds. The summed E-state index contributed by atoms with van der Waals surface area (Å²) in [5, 5.41) is 14.6. The van der Waals surface area contributed by atoms with Crippen LogP contribution in [0.1, 0.15) is 12.5 Å². The maximum absolute atomic E-state index is 12.4. The number of benzene rings is 3. The monoisotopic (exact) mass is 570 g/mol. The molecule has 2 aliphatic rings. The van der Waals surface area contributed by atoms with E-state index in [1.807, 2.05) is 71.8 Å². The lowest BCUT2D eigenvalue weighted by molar-refractivity contribution is -0.110. The van der Waals surface area contributed by atoms with Crippen molar-refractivity contribution in [2.75, 3.05) is 10.0 Å². The summed E-state index contributed by atoms with van der Waals surface area (Å²) in [7, 11) is 0. The van der Waals surface area contributed by atoms with Crippen molar-refractivity contribution in [3.05, 3.63) is 105 Å². The molecule has 0 bridgehead atoms. The van der Waals surface area contributed by atoms with Crippen molar-refractivity contribution < 1.29 is 4.79 Å². The molecular formula is C25H17BrCl2N4OS. The minimum atomic E-state index is -0.987. The standard InChI is InChI=1S/C25H17BrCl2N4OS/c1-16(33)24-30-32(23-12-11-19(27)15-21(23)28)25(34-24)14-13-22(17-7-9-18(26)10-8-17)29-31(25)20-5-3-2-4-6-20/h2-15H,1H3/t25-/m0/s1. The van der Waals surface area contributed by atoms with E-state index < -0.39 is 4.99 Å². The van der Waals surface area contributed by atoms with Crippen LogP contribution in [-0.2, 0) is 4.79 Å². The molecular weight excluding hydrogens is 555 g/mol. The summed E-state index contributed by atoms with van der Waals surface area (Å²) in [5.74, 6) is -0.138. The first kappa shape index (κ1) is 23.2. The number of hydrazone groups is 2. The molecule has 1 spiro atoms. The largest absolute Gasteiger partial charge is 0.292 e. The summed E-state index contributed by atoms with van der Waals surface area (Å²) in [6, 6.07) is 22.9. The second-order valence-corrected chi connectivity index (χ2v) is 10.6. The van der Waals surface area contributed by atoms with Crippen LogP contribution in [0.15, 0.2) is 99.6 Å². The van der Waals surface area contributed by atoms with Crippen molar-refractivity contribution in [1.29, 1.82) is 0 Å². The fourth-order valence-corrected chi connectivity index (χ4v) is 5.58. The predicted octanol–water partition coefficient (Wildman–Crippen LogP) is 7.35. The van der Waals surface area contributed by atoms with Crippen LogP contribution in [0.2, 0.25) is 10.0 Å². The Kier molecular flexibility index (Phi) is 6.29. The molecule has 1 atom stereocenters. The van der Waals surface area contributed by atoms with Crippen LogP contribution in [0.25, 0.3) is 0 Å². The molecule has 170 valence electrons. The minimum Gasteiger partial charge on any atom is -0.292 e. The summed E-state index contributed by atoms with van der Waals surface area (Å²) >= 11 is 17.6. The Bertz CT molecular complexity index is 1360. The number of thioether (sulfide) groups is 1. The summed E-state index contributed by atoms with van der Waals surface area (Å²) in [5.41, 5.74) is 3.19. The molecule has 34 heavy (non-hydrogen) atoms. The first-order valence-electron chi connectivity index (χ1n) is 10.3. The number of allylic oxidation sites excluding steroid dienone is 1. The lowest BCUT2D eigenvalue weighted by Crippen LogP contribution is -2.53. The van der Waals surface area contributed by atoms with Crippen molar-refractivity contribution in [1.82, 2.24) is 0 Å². The van der Waals surface area contributed by atoms with Gasteiger partial charge >= 0.3 is 0 Å². The van der Waals surface area contributed by atoms with Crippen molar-refractivity contribution in [2.24, 2.45) is 10.2 Å². The molecule has 0 fully saturated rings. The fraction of sp³-hybridized carbons (Fsp3) is 0.0800. The first-order chi connectivity index (χ1) is 16.4. The molecule has 0 unspecified atom stereocenters. The average Bonchev–Trinajstić information content (AvgIpc) is 3.20. The number of carbonyl (C=O) groups excluding carboxylic acids is 1. The highest BCUT2D eigenvalue weighted by molar-refractivity contribution is 9.10. The van der Waals surface area contributed by atoms with Crippen LogP contribution < -0.4 is 10.0 Å². The zero-order chi connectivity index (χ0) is 23.9. The predicted molar refractivity (Wildman–Crippen MR) is 146 cm³/mol. The van der Waals surface area contributed by atoms with E-state index in [0.717, 1.165) is 21.4 Å². The van der Waals surface area contributed by atoms with Gasteiger partial charge in [0.1, 0.15) is 0 Å². The maximum Gasteiger partial charge on any atom is 0.227 e. The van der Waals surface area contributed by atoms with Gasteiger partial charge in [0.05, 0.1) is 22.1 Å². The highest BCUT2D eigenvalue weighted by Gasteiger charge is 2.51. The van der Waals surface area contributed by atoms with E-state index >= 15 is 0 Å². The van der Waals surface area contributed by atoms with E-state index in [-0.39, 0.29) is 5.78 Å². The molecule has 0 aliphatic carbocycles. The number of Topliss-reactive ketones (excluding diaryl/α,β-unsaturated/α-hetero) is 1. The topological polar surface area (TPSA) is 48.3 Å². The molecule has 0 aromatic heterocycles. The summed E-state index contributed by atoms with van der Waals surface area (Å²) in [4.78, 5) is 11.4. The van der Waals surface area contributed by atoms with Gasteiger partial charge in [-0.1, -0.05) is 69.5 Å². The Labute approximate surface area is 219 Å². The highest BCUT2D eigenvalue weighted by Crippen LogP contribution is 2.49. The molecule has 5 nitrogen and oxygen atoms in total. The van der Waals surface area contributed by atoms with Crippen molar-refractivity contribution in [3.8, 4) is 0 Å². The van der Waals surface area contributed by atoms with Crippen LogP contribution in [0.3, 0.4) is 0 Å². The number of hydrogen-bond acceptors (Lipinski definition) is 6. The van der Waals surface area contributed by atoms with Gasteiger partial charge < -0.3 is 0 Å². The molecule has 0 radical (unpaired) electrons. The Morgan fingerprint density at radius 1 is 0.971 bits per heavy atom. The van der Waals surface area contributed by atoms with Gasteiger partial charge in [-0.25, -0.2) is 10.0 Å². The highest BCUT2D eigenvalue weighted by atomic mass is 79.9. The van der Waals surface area contributed by atoms with Gasteiger partial charge in [0.15, 0.2) is 10.8 Å². The third-order valence-electron chi connectivity index (χ3n) is 5.29. The van der Waals surface area contributed by atoms with Gasteiger partial charge in [0, 0.05) is 22.0 Å². The van der Waals surface area contributed by atoms with Gasteiger partial charge in [-0.05, 0) is 66.4 Å². The number of nitrogens with zero attached hydrogens (tertiary/aromatic N) is 4. The Balaban J connectivity index is 1.69. The van der Waals surface area contributed by atoms with E-state index in [4.69, 9.17) is 28.3 Å². The third-order valence-corrected chi connectivity index (χ3v) is 7.70. The number of carbonyl (C=O) groups is 1. The van der Waals surface area contributed by atoms with Crippen LogP contribution in [-0.4, -0.2) is 21.5 Å². The van der Waals surface area contributed by atoms with Crippen molar-refractivity contribution in [2.45, 2.75) is 11.9 Å². The Morgan fingerprint density at radius 3 is 2.38 bits per heavy atom. The molecule has 3 aromatic rings. The van der Waals surface area contributed by atoms with E-state index in [9.17, 15) is 4.79 Å². The van der Waals surface area contributed by atoms with Gasteiger partial charge in [-0.15, -0.1) is 0 Å². The molecule has 5 rings (SSSR count). The number of halogens is 3. The zero-order valence-electron chi connectivity index (χ0n) is 17.8. The van der Waals surface area contributed by atoms with Crippen molar-refractivity contribution in [3.63, 3.8) is 0 Å². The Morgan fingerprint density at radius 2 is 1.71 bits per heavy atom. The fourth-order valence-electron chi connectivity index (χ4n) is 3.69.